The van der Waals surface area contributed by atoms with Crippen LogP contribution < -0.4 is 10.9 Å². The zero-order chi connectivity index (χ0) is 30.1. The van der Waals surface area contributed by atoms with Crippen LogP contribution in [0, 0.1) is 0 Å². The molecule has 1 atom stereocenters. The largest absolute Gasteiger partial charge is 0.495 e. The Morgan fingerprint density at radius 2 is 1.24 bits per heavy atom. The molecule has 2 heterocycles. The number of hydrogen-bond acceptors (Lipinski definition) is 4. The van der Waals surface area contributed by atoms with Crippen LogP contribution in [0.3, 0.4) is 0 Å². The SMILES string of the molecule is CCCCCCCCC12CCCc3c(B4OC(C)(C)C(C)(C)O4)ccc(c31)-c1ccc(B3OC(C)(C)C(C)(C)O3)cc12. The van der Waals surface area contributed by atoms with E-state index < -0.39 is 0 Å². The number of hydrogen-bond donors (Lipinski definition) is 0. The Morgan fingerprint density at radius 3 is 1.88 bits per heavy atom. The van der Waals surface area contributed by atoms with Gasteiger partial charge in [0.1, 0.15) is 0 Å². The molecular formula is C36H52B2O4. The third-order valence-electron chi connectivity index (χ3n) is 11.7. The van der Waals surface area contributed by atoms with Gasteiger partial charge in [0, 0.05) is 5.41 Å². The van der Waals surface area contributed by atoms with Gasteiger partial charge in [0.2, 0.25) is 0 Å². The van der Waals surface area contributed by atoms with Gasteiger partial charge in [-0.25, -0.2) is 0 Å². The van der Waals surface area contributed by atoms with Crippen LogP contribution in [-0.4, -0.2) is 36.6 Å². The maximum absolute atomic E-state index is 6.63. The second-order valence-corrected chi connectivity index (χ2v) is 15.5. The van der Waals surface area contributed by atoms with Gasteiger partial charge < -0.3 is 18.6 Å². The molecule has 0 spiro atoms. The zero-order valence-electron chi connectivity index (χ0n) is 27.7. The van der Waals surface area contributed by atoms with E-state index in [1.165, 1.54) is 85.5 Å². The first-order chi connectivity index (χ1) is 19.7. The van der Waals surface area contributed by atoms with Crippen LogP contribution in [0.2, 0.25) is 0 Å². The molecule has 2 aromatic rings. The van der Waals surface area contributed by atoms with E-state index in [2.05, 4.69) is 92.6 Å². The van der Waals surface area contributed by atoms with Crippen molar-refractivity contribution in [3.05, 3.63) is 47.0 Å². The van der Waals surface area contributed by atoms with Crippen molar-refractivity contribution in [2.24, 2.45) is 0 Å². The quantitative estimate of drug-likeness (QED) is 0.230. The monoisotopic (exact) mass is 570 g/mol. The van der Waals surface area contributed by atoms with E-state index in [-0.39, 0.29) is 42.1 Å². The lowest BCUT2D eigenvalue weighted by Crippen LogP contribution is -2.41. The molecular weight excluding hydrogens is 518 g/mol. The van der Waals surface area contributed by atoms with Gasteiger partial charge in [-0.05, 0) is 120 Å². The van der Waals surface area contributed by atoms with E-state index in [0.717, 1.165) is 11.9 Å². The molecule has 0 amide bonds. The topological polar surface area (TPSA) is 36.9 Å². The molecule has 1 unspecified atom stereocenters. The van der Waals surface area contributed by atoms with Gasteiger partial charge in [0.15, 0.2) is 0 Å². The van der Waals surface area contributed by atoms with Crippen molar-refractivity contribution < 1.29 is 18.6 Å². The highest BCUT2D eigenvalue weighted by Crippen LogP contribution is 2.57. The molecule has 0 N–H and O–H groups in total. The molecule has 6 heteroatoms. The molecule has 0 saturated carbocycles. The first-order valence-corrected chi connectivity index (χ1v) is 16.8. The second-order valence-electron chi connectivity index (χ2n) is 15.5. The highest BCUT2D eigenvalue weighted by Gasteiger charge is 2.55. The van der Waals surface area contributed by atoms with Crippen LogP contribution in [0.1, 0.15) is 137 Å². The molecule has 2 aromatic carbocycles. The van der Waals surface area contributed by atoms with Crippen molar-refractivity contribution in [3.8, 4) is 11.1 Å². The molecule has 2 aliphatic carbocycles. The summed E-state index contributed by atoms with van der Waals surface area (Å²) in [5.41, 5.74) is 8.27. The smallest absolute Gasteiger partial charge is 0.399 e. The van der Waals surface area contributed by atoms with Crippen LogP contribution in [0.15, 0.2) is 30.3 Å². The third-order valence-corrected chi connectivity index (χ3v) is 11.7. The molecule has 2 aliphatic heterocycles. The number of unbranched alkanes of at least 4 members (excludes halogenated alkanes) is 5. The molecule has 2 fully saturated rings. The van der Waals surface area contributed by atoms with Gasteiger partial charge in [-0.2, -0.15) is 0 Å². The Bertz CT molecular complexity index is 1310. The standard InChI is InChI=1S/C36H52B2O4/c1-10-11-12-13-14-15-22-36-23-16-17-28-30(38-41-34(6,7)35(8,9)42-38)21-20-27(31(28)36)26-19-18-25(24-29(26)36)37-39-32(2,3)33(4,5)40-37/h18-21,24H,10-17,22-23H2,1-9H3. The van der Waals surface area contributed by atoms with Gasteiger partial charge >= 0.3 is 14.2 Å². The average molecular weight is 570 g/mol. The third kappa shape index (κ3) is 4.75. The number of fused-ring (bicyclic) bond motifs is 3. The maximum atomic E-state index is 6.63. The zero-order valence-corrected chi connectivity index (χ0v) is 27.7. The fraction of sp³-hybridized carbons (Fsp3) is 0.667. The van der Waals surface area contributed by atoms with E-state index in [0.29, 0.717) is 0 Å². The van der Waals surface area contributed by atoms with Crippen molar-refractivity contribution in [1.82, 2.24) is 0 Å². The summed E-state index contributed by atoms with van der Waals surface area (Å²) < 4.78 is 26.3. The van der Waals surface area contributed by atoms with Crippen molar-refractivity contribution in [2.75, 3.05) is 0 Å². The summed E-state index contributed by atoms with van der Waals surface area (Å²) in [6, 6.07) is 11.7. The van der Waals surface area contributed by atoms with E-state index in [9.17, 15) is 0 Å². The summed E-state index contributed by atoms with van der Waals surface area (Å²) in [5, 5.41) is 0. The molecule has 4 aliphatic rings. The molecule has 6 rings (SSSR count). The van der Waals surface area contributed by atoms with E-state index in [1.54, 1.807) is 5.56 Å². The Morgan fingerprint density at radius 1 is 0.667 bits per heavy atom. The number of benzene rings is 2. The van der Waals surface area contributed by atoms with Crippen molar-refractivity contribution in [2.45, 2.75) is 154 Å². The van der Waals surface area contributed by atoms with Crippen molar-refractivity contribution in [1.29, 1.82) is 0 Å². The van der Waals surface area contributed by atoms with Crippen LogP contribution >= 0.6 is 0 Å². The Kier molecular flexibility index (Phi) is 7.61. The molecule has 4 nitrogen and oxygen atoms in total. The van der Waals surface area contributed by atoms with Crippen molar-refractivity contribution in [3.63, 3.8) is 0 Å². The van der Waals surface area contributed by atoms with E-state index in [1.807, 2.05) is 0 Å². The molecule has 226 valence electrons. The number of rotatable bonds is 9. The lowest BCUT2D eigenvalue weighted by Gasteiger charge is -2.38. The van der Waals surface area contributed by atoms with Crippen LogP contribution in [0.5, 0.6) is 0 Å². The first-order valence-electron chi connectivity index (χ1n) is 16.8. The second kappa shape index (κ2) is 10.5. The lowest BCUT2D eigenvalue weighted by molar-refractivity contribution is 0.00578. The first kappa shape index (κ1) is 30.4. The highest BCUT2D eigenvalue weighted by atomic mass is 16.7. The average Bonchev–Trinajstić information content (AvgIpc) is 3.42. The Labute approximate surface area is 255 Å². The van der Waals surface area contributed by atoms with Gasteiger partial charge in [-0.15, -0.1) is 0 Å². The molecule has 0 bridgehead atoms. The summed E-state index contributed by atoms with van der Waals surface area (Å²) in [4.78, 5) is 0. The summed E-state index contributed by atoms with van der Waals surface area (Å²) in [5.74, 6) is 0. The Hall–Kier alpha value is -1.59. The molecule has 0 radical (unpaired) electrons. The maximum Gasteiger partial charge on any atom is 0.495 e. The summed E-state index contributed by atoms with van der Waals surface area (Å²) in [6.07, 6.45) is 12.5. The molecule has 0 aromatic heterocycles. The van der Waals surface area contributed by atoms with E-state index >= 15 is 0 Å². The van der Waals surface area contributed by atoms with Crippen LogP contribution in [0.25, 0.3) is 11.1 Å². The van der Waals surface area contributed by atoms with E-state index in [4.69, 9.17) is 18.6 Å². The molecule has 42 heavy (non-hydrogen) atoms. The lowest BCUT2D eigenvalue weighted by atomic mass is 9.61. The van der Waals surface area contributed by atoms with Gasteiger partial charge in [0.05, 0.1) is 22.4 Å². The minimum atomic E-state index is -0.356. The normalized spacial score (nSPS) is 26.0. The van der Waals surface area contributed by atoms with Crippen molar-refractivity contribution >= 4 is 25.2 Å². The predicted molar refractivity (Wildman–Crippen MR) is 175 cm³/mol. The summed E-state index contributed by atoms with van der Waals surface area (Å²) >= 11 is 0. The summed E-state index contributed by atoms with van der Waals surface area (Å²) in [7, 11) is -0.678. The van der Waals surface area contributed by atoms with Gasteiger partial charge in [-0.3, -0.25) is 0 Å². The minimum Gasteiger partial charge on any atom is -0.399 e. The Balaban J connectivity index is 1.41. The highest BCUT2D eigenvalue weighted by molar-refractivity contribution is 6.63. The minimum absolute atomic E-state index is 0.0162. The molecule has 2 saturated heterocycles. The van der Waals surface area contributed by atoms with Gasteiger partial charge in [0.25, 0.3) is 0 Å². The predicted octanol–water partition coefficient (Wildman–Crippen LogP) is 7.64. The fourth-order valence-corrected chi connectivity index (χ4v) is 7.77. The van der Waals surface area contributed by atoms with Gasteiger partial charge in [-0.1, -0.05) is 75.8 Å². The summed E-state index contributed by atoms with van der Waals surface area (Å²) in [6.45, 7) is 19.5. The van der Waals surface area contributed by atoms with Crippen LogP contribution in [-0.2, 0) is 30.5 Å². The fourth-order valence-electron chi connectivity index (χ4n) is 7.77. The van der Waals surface area contributed by atoms with Crippen LogP contribution in [0.4, 0.5) is 0 Å².